The number of likely N-dealkylation sites (N-methyl/N-ethyl adjacent to an activating group) is 1. The van der Waals surface area contributed by atoms with E-state index in [0.717, 1.165) is 38.9 Å². The van der Waals surface area contributed by atoms with Gasteiger partial charge in [0.05, 0.1) is 5.92 Å². The highest BCUT2D eigenvalue weighted by Gasteiger charge is 2.38. The van der Waals surface area contributed by atoms with Gasteiger partial charge in [-0.3, -0.25) is 9.59 Å². The highest BCUT2D eigenvalue weighted by Crippen LogP contribution is 2.24. The van der Waals surface area contributed by atoms with Gasteiger partial charge in [-0.25, -0.2) is 0 Å². The van der Waals surface area contributed by atoms with Crippen LogP contribution in [0, 0.1) is 11.8 Å². The lowest BCUT2D eigenvalue weighted by Gasteiger charge is -2.36. The molecule has 0 aromatic heterocycles. The summed E-state index contributed by atoms with van der Waals surface area (Å²) in [6, 6.07) is -0.260. The van der Waals surface area contributed by atoms with E-state index in [-0.39, 0.29) is 23.8 Å². The Morgan fingerprint density at radius 2 is 2.06 bits per heavy atom. The van der Waals surface area contributed by atoms with Gasteiger partial charge in [0, 0.05) is 20.1 Å². The Kier molecular flexibility index (Phi) is 4.22. The average Bonchev–Trinajstić information content (AvgIpc) is 2.83. The van der Waals surface area contributed by atoms with E-state index < -0.39 is 0 Å². The van der Waals surface area contributed by atoms with Crippen molar-refractivity contribution in [3.63, 3.8) is 0 Å². The molecule has 102 valence electrons. The van der Waals surface area contributed by atoms with Gasteiger partial charge in [-0.15, -0.1) is 0 Å². The van der Waals surface area contributed by atoms with Crippen molar-refractivity contribution in [2.75, 3.05) is 26.7 Å². The summed E-state index contributed by atoms with van der Waals surface area (Å²) in [5.74, 6) is 0.530. The molecule has 0 aromatic rings. The van der Waals surface area contributed by atoms with Gasteiger partial charge in [0.2, 0.25) is 11.8 Å². The summed E-state index contributed by atoms with van der Waals surface area (Å²) in [5, 5.41) is 5.92. The van der Waals surface area contributed by atoms with E-state index in [1.165, 1.54) is 0 Å². The van der Waals surface area contributed by atoms with Crippen LogP contribution in [-0.4, -0.2) is 49.4 Å². The molecule has 3 atom stereocenters. The number of likely N-dealkylation sites (tertiary alicyclic amines) is 1. The summed E-state index contributed by atoms with van der Waals surface area (Å²) < 4.78 is 0. The van der Waals surface area contributed by atoms with Gasteiger partial charge in [-0.1, -0.05) is 6.92 Å². The Bertz CT molecular complexity index is 332. The second kappa shape index (κ2) is 5.69. The highest BCUT2D eigenvalue weighted by molar-refractivity contribution is 5.89. The van der Waals surface area contributed by atoms with Crippen LogP contribution in [-0.2, 0) is 9.59 Å². The molecule has 0 bridgehead atoms. The maximum Gasteiger partial charge on any atom is 0.242 e. The lowest BCUT2D eigenvalue weighted by atomic mass is 9.93. The van der Waals surface area contributed by atoms with Crippen LogP contribution < -0.4 is 10.6 Å². The van der Waals surface area contributed by atoms with Crippen LogP contribution >= 0.6 is 0 Å². The molecule has 0 aromatic carbocycles. The third kappa shape index (κ3) is 2.51. The van der Waals surface area contributed by atoms with Gasteiger partial charge in [-0.05, 0) is 31.7 Å². The average molecular weight is 253 g/mol. The molecule has 0 spiro atoms. The number of nitrogens with one attached hydrogen (secondary N) is 2. The molecule has 2 amide bonds. The van der Waals surface area contributed by atoms with Gasteiger partial charge in [0.15, 0.2) is 0 Å². The van der Waals surface area contributed by atoms with Crippen molar-refractivity contribution in [1.82, 2.24) is 15.5 Å². The first-order chi connectivity index (χ1) is 8.65. The zero-order valence-corrected chi connectivity index (χ0v) is 11.2. The van der Waals surface area contributed by atoms with E-state index in [0.29, 0.717) is 5.92 Å². The normalized spacial score (nSPS) is 32.3. The van der Waals surface area contributed by atoms with Gasteiger partial charge in [-0.2, -0.15) is 0 Å². The molecule has 1 unspecified atom stereocenters. The third-order valence-corrected chi connectivity index (χ3v) is 4.17. The zero-order chi connectivity index (χ0) is 13.1. The highest BCUT2D eigenvalue weighted by atomic mass is 16.2. The standard InChI is InChI=1S/C13H23N3O2/c1-9-7-15-8-10(9)13(18)16-6-4-3-5-11(16)12(17)14-2/h9-11,15H,3-8H2,1-2H3,(H,14,17)/t9-,10-,11?/m1/s1. The lowest BCUT2D eigenvalue weighted by molar-refractivity contribution is -0.145. The molecular formula is C13H23N3O2. The quantitative estimate of drug-likeness (QED) is 0.726. The first kappa shape index (κ1) is 13.3. The molecule has 0 saturated carbocycles. The van der Waals surface area contributed by atoms with E-state index in [1.54, 1.807) is 11.9 Å². The first-order valence-corrected chi connectivity index (χ1v) is 6.88. The van der Waals surface area contributed by atoms with Crippen LogP contribution in [0.2, 0.25) is 0 Å². The SMILES string of the molecule is CNC(=O)C1CCCCN1C(=O)[C@@H]1CNC[C@H]1C. The number of carbonyl (C=O) groups is 2. The topological polar surface area (TPSA) is 61.4 Å². The second-order valence-corrected chi connectivity index (χ2v) is 5.40. The summed E-state index contributed by atoms with van der Waals surface area (Å²) in [6.45, 7) is 4.47. The van der Waals surface area contributed by atoms with E-state index in [1.807, 2.05) is 0 Å². The minimum Gasteiger partial charge on any atom is -0.357 e. The molecule has 5 nitrogen and oxygen atoms in total. The fraction of sp³-hybridized carbons (Fsp3) is 0.846. The Morgan fingerprint density at radius 1 is 1.28 bits per heavy atom. The van der Waals surface area contributed by atoms with Crippen LogP contribution in [0.3, 0.4) is 0 Å². The van der Waals surface area contributed by atoms with Crippen molar-refractivity contribution in [3.05, 3.63) is 0 Å². The van der Waals surface area contributed by atoms with Crippen molar-refractivity contribution in [3.8, 4) is 0 Å². The molecular weight excluding hydrogens is 230 g/mol. The van der Waals surface area contributed by atoms with Gasteiger partial charge in [0.25, 0.3) is 0 Å². The fourth-order valence-electron chi connectivity index (χ4n) is 2.99. The maximum absolute atomic E-state index is 12.5. The van der Waals surface area contributed by atoms with E-state index in [4.69, 9.17) is 0 Å². The van der Waals surface area contributed by atoms with Gasteiger partial charge >= 0.3 is 0 Å². The fourth-order valence-corrected chi connectivity index (χ4v) is 2.99. The second-order valence-electron chi connectivity index (χ2n) is 5.40. The number of amides is 2. The van der Waals surface area contributed by atoms with Crippen molar-refractivity contribution in [2.45, 2.75) is 32.2 Å². The molecule has 5 heteroatoms. The number of piperidine rings is 1. The lowest BCUT2D eigenvalue weighted by Crippen LogP contribution is -2.53. The van der Waals surface area contributed by atoms with Gasteiger partial charge in [0.1, 0.15) is 6.04 Å². The van der Waals surface area contributed by atoms with Crippen LogP contribution in [0.4, 0.5) is 0 Å². The number of nitrogens with zero attached hydrogens (tertiary/aromatic N) is 1. The van der Waals surface area contributed by atoms with Crippen molar-refractivity contribution < 1.29 is 9.59 Å². The number of rotatable bonds is 2. The first-order valence-electron chi connectivity index (χ1n) is 6.88. The molecule has 2 fully saturated rings. The predicted molar refractivity (Wildman–Crippen MR) is 68.9 cm³/mol. The Morgan fingerprint density at radius 3 is 2.67 bits per heavy atom. The molecule has 18 heavy (non-hydrogen) atoms. The largest absolute Gasteiger partial charge is 0.357 e. The van der Waals surface area contributed by atoms with Crippen molar-refractivity contribution in [2.24, 2.45) is 11.8 Å². The summed E-state index contributed by atoms with van der Waals surface area (Å²) >= 11 is 0. The van der Waals surface area contributed by atoms with E-state index in [9.17, 15) is 9.59 Å². The van der Waals surface area contributed by atoms with E-state index in [2.05, 4.69) is 17.6 Å². The molecule has 2 N–H and O–H groups in total. The Hall–Kier alpha value is -1.10. The number of hydrogen-bond acceptors (Lipinski definition) is 3. The van der Waals surface area contributed by atoms with Crippen molar-refractivity contribution >= 4 is 11.8 Å². The molecule has 0 radical (unpaired) electrons. The Labute approximate surface area is 108 Å². The monoisotopic (exact) mass is 253 g/mol. The van der Waals surface area contributed by atoms with Crippen LogP contribution in [0.25, 0.3) is 0 Å². The third-order valence-electron chi connectivity index (χ3n) is 4.17. The maximum atomic E-state index is 12.5. The smallest absolute Gasteiger partial charge is 0.242 e. The zero-order valence-electron chi connectivity index (χ0n) is 11.2. The molecule has 0 aliphatic carbocycles. The summed E-state index contributed by atoms with van der Waals surface area (Å²) in [4.78, 5) is 26.2. The number of hydrogen-bond donors (Lipinski definition) is 2. The summed E-state index contributed by atoms with van der Waals surface area (Å²) in [7, 11) is 1.64. The molecule has 2 rings (SSSR count). The predicted octanol–water partition coefficient (Wildman–Crippen LogP) is -0.0310. The molecule has 2 heterocycles. The molecule has 2 aliphatic heterocycles. The van der Waals surface area contributed by atoms with Crippen LogP contribution in [0.1, 0.15) is 26.2 Å². The van der Waals surface area contributed by atoms with Crippen LogP contribution in [0.15, 0.2) is 0 Å². The van der Waals surface area contributed by atoms with Crippen molar-refractivity contribution in [1.29, 1.82) is 0 Å². The number of carbonyl (C=O) groups excluding carboxylic acids is 2. The summed E-state index contributed by atoms with van der Waals surface area (Å²) in [6.07, 6.45) is 2.83. The Balaban J connectivity index is 2.08. The van der Waals surface area contributed by atoms with E-state index >= 15 is 0 Å². The minimum atomic E-state index is -0.260. The summed E-state index contributed by atoms with van der Waals surface area (Å²) in [5.41, 5.74) is 0. The minimum absolute atomic E-state index is 0.0262. The molecule has 2 aliphatic rings. The van der Waals surface area contributed by atoms with Gasteiger partial charge < -0.3 is 15.5 Å². The van der Waals surface area contributed by atoms with Crippen LogP contribution in [0.5, 0.6) is 0 Å². The molecule has 2 saturated heterocycles.